The van der Waals surface area contributed by atoms with E-state index in [1.807, 2.05) is 13.8 Å². The van der Waals surface area contributed by atoms with Crippen LogP contribution < -0.4 is 5.73 Å². The van der Waals surface area contributed by atoms with Gasteiger partial charge in [-0.2, -0.15) is 0 Å². The topological polar surface area (TPSA) is 59.1 Å². The molecule has 0 aromatic carbocycles. The van der Waals surface area contributed by atoms with Crippen LogP contribution in [0.1, 0.15) is 32.3 Å². The van der Waals surface area contributed by atoms with Crippen LogP contribution in [0.5, 0.6) is 0 Å². The summed E-state index contributed by atoms with van der Waals surface area (Å²) in [5.74, 6) is -2.86. The summed E-state index contributed by atoms with van der Waals surface area (Å²) >= 11 is 0. The lowest BCUT2D eigenvalue weighted by Gasteiger charge is -2.36. The normalized spacial score (nSPS) is 13.6. The maximum atomic E-state index is 14.1. The summed E-state index contributed by atoms with van der Waals surface area (Å²) in [5, 5.41) is -0.463. The van der Waals surface area contributed by atoms with Gasteiger partial charge in [-0.1, -0.05) is 13.8 Å². The number of alkyl halides is 2. The molecule has 0 saturated carbocycles. The SMILES string of the molecule is CC(C)(CCC(F)(F)c1ccnc(N)c1)[Si](C)(C)O. The molecule has 1 aromatic heterocycles. The fraction of sp³-hybridized carbons (Fsp3) is 0.615. The minimum absolute atomic E-state index is 0.0910. The molecule has 108 valence electrons. The minimum Gasteiger partial charge on any atom is -0.432 e. The Morgan fingerprint density at radius 3 is 2.37 bits per heavy atom. The van der Waals surface area contributed by atoms with E-state index in [4.69, 9.17) is 5.73 Å². The summed E-state index contributed by atoms with van der Waals surface area (Å²) in [6.07, 6.45) is 1.24. The molecule has 0 unspecified atom stereocenters. The maximum Gasteiger partial charge on any atom is 0.273 e. The lowest BCUT2D eigenvalue weighted by atomic mass is 9.99. The Morgan fingerprint density at radius 2 is 1.89 bits per heavy atom. The van der Waals surface area contributed by atoms with Crippen LogP contribution in [0, 0.1) is 0 Å². The van der Waals surface area contributed by atoms with Crippen LogP contribution in [-0.4, -0.2) is 18.1 Å². The average Bonchev–Trinajstić information content (AvgIpc) is 2.25. The van der Waals surface area contributed by atoms with Gasteiger partial charge in [0, 0.05) is 18.2 Å². The smallest absolute Gasteiger partial charge is 0.273 e. The van der Waals surface area contributed by atoms with Gasteiger partial charge in [-0.05, 0) is 36.7 Å². The number of nitrogen functional groups attached to an aromatic ring is 1. The van der Waals surface area contributed by atoms with Crippen molar-refractivity contribution in [2.24, 2.45) is 0 Å². The standard InChI is InChI=1S/C13H22F2N2OSi/c1-12(2,19(3,4)18)6-7-13(14,15)10-5-8-17-11(16)9-10/h5,8-9,18H,6-7H2,1-4H3,(H2,16,17). The van der Waals surface area contributed by atoms with Crippen LogP contribution in [0.15, 0.2) is 18.3 Å². The predicted octanol–water partition coefficient (Wildman–Crippen LogP) is 3.51. The van der Waals surface area contributed by atoms with Crippen molar-refractivity contribution in [1.82, 2.24) is 4.98 Å². The zero-order chi connectivity index (χ0) is 14.9. The van der Waals surface area contributed by atoms with E-state index in [-0.39, 0.29) is 24.2 Å². The van der Waals surface area contributed by atoms with Crippen molar-refractivity contribution in [3.63, 3.8) is 0 Å². The molecule has 0 radical (unpaired) electrons. The number of nitrogens with zero attached hydrogens (tertiary/aromatic N) is 1. The summed E-state index contributed by atoms with van der Waals surface area (Å²) in [5.41, 5.74) is 5.31. The zero-order valence-corrected chi connectivity index (χ0v) is 12.9. The Labute approximate surface area is 114 Å². The molecule has 0 aliphatic carbocycles. The molecule has 3 N–H and O–H groups in total. The van der Waals surface area contributed by atoms with Crippen molar-refractivity contribution in [1.29, 1.82) is 0 Å². The van der Waals surface area contributed by atoms with E-state index in [0.29, 0.717) is 0 Å². The van der Waals surface area contributed by atoms with Crippen LogP contribution in [0.2, 0.25) is 18.1 Å². The fourth-order valence-electron chi connectivity index (χ4n) is 1.60. The van der Waals surface area contributed by atoms with Crippen molar-refractivity contribution in [3.8, 4) is 0 Å². The first-order valence-electron chi connectivity index (χ1n) is 6.28. The number of halogens is 2. The molecule has 0 spiro atoms. The van der Waals surface area contributed by atoms with Gasteiger partial charge in [0.2, 0.25) is 0 Å². The van der Waals surface area contributed by atoms with E-state index in [9.17, 15) is 13.6 Å². The first-order valence-corrected chi connectivity index (χ1v) is 9.23. The number of hydrogen-bond donors (Lipinski definition) is 2. The van der Waals surface area contributed by atoms with Gasteiger partial charge in [-0.25, -0.2) is 13.8 Å². The Hall–Kier alpha value is -1.01. The molecule has 0 fully saturated rings. The first kappa shape index (κ1) is 16.0. The lowest BCUT2D eigenvalue weighted by Crippen LogP contribution is -2.39. The Kier molecular flexibility index (Phi) is 4.36. The first-order chi connectivity index (χ1) is 8.46. The van der Waals surface area contributed by atoms with Gasteiger partial charge >= 0.3 is 0 Å². The van der Waals surface area contributed by atoms with Crippen molar-refractivity contribution < 1.29 is 13.6 Å². The fourth-order valence-corrected chi connectivity index (χ4v) is 2.33. The zero-order valence-electron chi connectivity index (χ0n) is 11.9. The van der Waals surface area contributed by atoms with Gasteiger partial charge in [0.05, 0.1) is 0 Å². The molecule has 1 heterocycles. The Balaban J connectivity index is 2.82. The van der Waals surface area contributed by atoms with E-state index < -0.39 is 19.3 Å². The van der Waals surface area contributed by atoms with Gasteiger partial charge in [0.25, 0.3) is 5.92 Å². The summed E-state index contributed by atoms with van der Waals surface area (Å²) in [6, 6.07) is 2.49. The van der Waals surface area contributed by atoms with Gasteiger partial charge < -0.3 is 10.5 Å². The van der Waals surface area contributed by atoms with Crippen LogP contribution in [0.4, 0.5) is 14.6 Å². The van der Waals surface area contributed by atoms with E-state index in [1.165, 1.54) is 18.3 Å². The third-order valence-electron chi connectivity index (χ3n) is 3.92. The lowest BCUT2D eigenvalue weighted by molar-refractivity contribution is -0.0181. The number of pyridine rings is 1. The molecule has 6 heteroatoms. The van der Waals surface area contributed by atoms with Crippen molar-refractivity contribution in [2.45, 2.75) is 50.7 Å². The molecule has 0 aliphatic rings. The van der Waals surface area contributed by atoms with Crippen LogP contribution >= 0.6 is 0 Å². The highest BCUT2D eigenvalue weighted by molar-refractivity contribution is 6.72. The van der Waals surface area contributed by atoms with Crippen molar-refractivity contribution in [2.75, 3.05) is 5.73 Å². The Bertz CT molecular complexity index is 445. The number of rotatable bonds is 5. The molecule has 0 atom stereocenters. The molecule has 0 amide bonds. The highest BCUT2D eigenvalue weighted by Gasteiger charge is 2.41. The molecule has 0 saturated heterocycles. The predicted molar refractivity (Wildman–Crippen MR) is 75.5 cm³/mol. The molecule has 1 rings (SSSR count). The molecule has 3 nitrogen and oxygen atoms in total. The maximum absolute atomic E-state index is 14.1. The molecule has 1 aromatic rings. The van der Waals surface area contributed by atoms with E-state index in [0.717, 1.165) is 0 Å². The van der Waals surface area contributed by atoms with Gasteiger partial charge in [0.15, 0.2) is 8.32 Å². The second kappa shape index (κ2) is 5.17. The monoisotopic (exact) mass is 288 g/mol. The van der Waals surface area contributed by atoms with Gasteiger partial charge in [-0.15, -0.1) is 0 Å². The second-order valence-electron chi connectivity index (χ2n) is 6.12. The Morgan fingerprint density at radius 1 is 1.32 bits per heavy atom. The molecular weight excluding hydrogens is 266 g/mol. The van der Waals surface area contributed by atoms with E-state index >= 15 is 0 Å². The molecule has 19 heavy (non-hydrogen) atoms. The van der Waals surface area contributed by atoms with E-state index in [2.05, 4.69) is 4.98 Å². The van der Waals surface area contributed by atoms with E-state index in [1.54, 1.807) is 13.1 Å². The highest BCUT2D eigenvalue weighted by Crippen LogP contribution is 2.44. The number of hydrogen-bond acceptors (Lipinski definition) is 3. The number of aromatic nitrogens is 1. The molecular formula is C13H22F2N2OSi. The molecule has 0 aliphatic heterocycles. The summed E-state index contributed by atoms with van der Waals surface area (Å²) in [4.78, 5) is 13.8. The summed E-state index contributed by atoms with van der Waals surface area (Å²) in [7, 11) is -2.47. The summed E-state index contributed by atoms with van der Waals surface area (Å²) in [6.45, 7) is 7.23. The minimum atomic E-state index is -2.95. The second-order valence-corrected chi connectivity index (χ2v) is 10.6. The quantitative estimate of drug-likeness (QED) is 0.815. The highest BCUT2D eigenvalue weighted by atomic mass is 28.4. The van der Waals surface area contributed by atoms with Gasteiger partial charge in [0.1, 0.15) is 5.82 Å². The number of nitrogens with two attached hydrogens (primary N) is 1. The number of anilines is 1. The van der Waals surface area contributed by atoms with Crippen LogP contribution in [0.3, 0.4) is 0 Å². The molecule has 0 bridgehead atoms. The van der Waals surface area contributed by atoms with Crippen LogP contribution in [-0.2, 0) is 5.92 Å². The third kappa shape index (κ3) is 3.97. The van der Waals surface area contributed by atoms with Crippen molar-refractivity contribution in [3.05, 3.63) is 23.9 Å². The third-order valence-corrected chi connectivity index (χ3v) is 7.49. The average molecular weight is 288 g/mol. The van der Waals surface area contributed by atoms with Crippen LogP contribution in [0.25, 0.3) is 0 Å². The largest absolute Gasteiger partial charge is 0.432 e. The summed E-state index contributed by atoms with van der Waals surface area (Å²) < 4.78 is 28.2. The van der Waals surface area contributed by atoms with Crippen molar-refractivity contribution >= 4 is 14.1 Å². The van der Waals surface area contributed by atoms with Gasteiger partial charge in [-0.3, -0.25) is 0 Å².